The summed E-state index contributed by atoms with van der Waals surface area (Å²) in [6, 6.07) is 3.89. The van der Waals surface area contributed by atoms with Crippen molar-refractivity contribution in [2.75, 3.05) is 12.3 Å². The zero-order valence-electron chi connectivity index (χ0n) is 9.74. The molecule has 1 heterocycles. The Morgan fingerprint density at radius 3 is 3.06 bits per heavy atom. The summed E-state index contributed by atoms with van der Waals surface area (Å²) in [6.07, 6.45) is 4.93. The number of carbonyl (C=O) groups is 1. The summed E-state index contributed by atoms with van der Waals surface area (Å²) >= 11 is 9.00. The van der Waals surface area contributed by atoms with Gasteiger partial charge in [-0.15, -0.1) is 23.1 Å². The lowest BCUT2D eigenvalue weighted by Gasteiger charge is -2.02. The summed E-state index contributed by atoms with van der Waals surface area (Å²) < 4.78 is 0.802. The van der Waals surface area contributed by atoms with E-state index >= 15 is 0 Å². The summed E-state index contributed by atoms with van der Waals surface area (Å²) in [5.74, 6) is 1.45. The predicted octanol–water partition coefficient (Wildman–Crippen LogP) is 3.72. The number of hydrogen-bond acceptors (Lipinski definition) is 3. The fourth-order valence-corrected chi connectivity index (χ4v) is 3.24. The van der Waals surface area contributed by atoms with Crippen molar-refractivity contribution in [1.29, 1.82) is 0 Å². The van der Waals surface area contributed by atoms with Gasteiger partial charge in [0.2, 0.25) is 5.91 Å². The topological polar surface area (TPSA) is 29.1 Å². The van der Waals surface area contributed by atoms with E-state index in [1.54, 1.807) is 23.1 Å². The van der Waals surface area contributed by atoms with Crippen molar-refractivity contribution < 1.29 is 4.79 Å². The maximum absolute atomic E-state index is 11.4. The third kappa shape index (κ3) is 6.76. The number of carbonyl (C=O) groups excluding carboxylic acids is 1. The second-order valence-electron chi connectivity index (χ2n) is 3.41. The van der Waals surface area contributed by atoms with Crippen LogP contribution in [-0.2, 0) is 10.5 Å². The quantitative estimate of drug-likeness (QED) is 0.612. The number of thioether (sulfide) groups is 1. The monoisotopic (exact) mass is 289 g/mol. The number of nitrogens with one attached hydrogen (secondary N) is 1. The second kappa shape index (κ2) is 8.61. The molecule has 0 aliphatic rings. The van der Waals surface area contributed by atoms with Crippen molar-refractivity contribution >= 4 is 40.6 Å². The van der Waals surface area contributed by atoms with E-state index in [4.69, 9.17) is 11.6 Å². The minimum Gasteiger partial charge on any atom is -0.355 e. The molecule has 1 N–H and O–H groups in total. The van der Waals surface area contributed by atoms with Gasteiger partial charge >= 0.3 is 0 Å². The maximum Gasteiger partial charge on any atom is 0.230 e. The molecule has 0 spiro atoms. The molecule has 1 aromatic rings. The van der Waals surface area contributed by atoms with Crippen molar-refractivity contribution in [3.05, 3.63) is 33.5 Å². The molecule has 2 nitrogen and oxygen atoms in total. The van der Waals surface area contributed by atoms with Gasteiger partial charge in [-0.25, -0.2) is 0 Å². The first-order chi connectivity index (χ1) is 8.22. The lowest BCUT2D eigenvalue weighted by atomic mass is 10.4. The van der Waals surface area contributed by atoms with Gasteiger partial charge in [0.25, 0.3) is 0 Å². The normalized spacial score (nSPS) is 10.9. The van der Waals surface area contributed by atoms with Crippen molar-refractivity contribution in [2.24, 2.45) is 0 Å². The first kappa shape index (κ1) is 14.6. The lowest BCUT2D eigenvalue weighted by molar-refractivity contribution is -0.118. The smallest absolute Gasteiger partial charge is 0.230 e. The molecule has 1 rings (SSSR count). The Morgan fingerprint density at radius 1 is 1.59 bits per heavy atom. The van der Waals surface area contributed by atoms with Crippen LogP contribution in [0.4, 0.5) is 0 Å². The summed E-state index contributed by atoms with van der Waals surface area (Å²) in [6.45, 7) is 2.69. The minimum absolute atomic E-state index is 0.0992. The van der Waals surface area contributed by atoms with E-state index in [0.717, 1.165) is 16.5 Å². The summed E-state index contributed by atoms with van der Waals surface area (Å²) in [4.78, 5) is 12.6. The molecule has 5 heteroatoms. The summed E-state index contributed by atoms with van der Waals surface area (Å²) in [7, 11) is 0. The Hall–Kier alpha value is -0.450. The van der Waals surface area contributed by atoms with Gasteiger partial charge in [-0.2, -0.15) is 0 Å². The average Bonchev–Trinajstić information content (AvgIpc) is 2.71. The third-order valence-corrected chi connectivity index (χ3v) is 4.37. The molecule has 0 saturated carbocycles. The lowest BCUT2D eigenvalue weighted by Crippen LogP contribution is -2.25. The van der Waals surface area contributed by atoms with Crippen LogP contribution in [0.15, 0.2) is 24.3 Å². The van der Waals surface area contributed by atoms with Crippen molar-refractivity contribution in [3.63, 3.8) is 0 Å². The van der Waals surface area contributed by atoms with Gasteiger partial charge in [0.05, 0.1) is 10.1 Å². The van der Waals surface area contributed by atoms with Crippen LogP contribution in [0.3, 0.4) is 0 Å². The first-order valence-corrected chi connectivity index (χ1v) is 7.77. The largest absolute Gasteiger partial charge is 0.355 e. The number of hydrogen-bond donors (Lipinski definition) is 1. The molecule has 0 radical (unpaired) electrons. The van der Waals surface area contributed by atoms with Gasteiger partial charge in [0.1, 0.15) is 0 Å². The van der Waals surface area contributed by atoms with E-state index in [0.29, 0.717) is 12.3 Å². The zero-order chi connectivity index (χ0) is 12.5. The number of thiophene rings is 1. The third-order valence-electron chi connectivity index (χ3n) is 1.98. The van der Waals surface area contributed by atoms with E-state index in [-0.39, 0.29) is 5.91 Å². The summed E-state index contributed by atoms with van der Waals surface area (Å²) in [5.41, 5.74) is 0. The standard InChI is InChI=1S/C12H16ClNOS2/c1-2-3-4-7-14-12(15)9-16-8-10-5-6-11(13)17-10/h2-3,5-6H,4,7-9H2,1H3,(H,14,15)/b3-2+. The van der Waals surface area contributed by atoms with Gasteiger partial charge in [-0.1, -0.05) is 23.8 Å². The Balaban J connectivity index is 2.08. The van der Waals surface area contributed by atoms with Crippen molar-refractivity contribution in [1.82, 2.24) is 5.32 Å². The molecule has 0 bridgehead atoms. The predicted molar refractivity (Wildman–Crippen MR) is 77.9 cm³/mol. The van der Waals surface area contributed by atoms with Crippen LogP contribution in [0, 0.1) is 0 Å². The molecule has 0 aliphatic heterocycles. The van der Waals surface area contributed by atoms with Crippen LogP contribution in [0.25, 0.3) is 0 Å². The molecule has 1 amide bonds. The van der Waals surface area contributed by atoms with Crippen LogP contribution < -0.4 is 5.32 Å². The van der Waals surface area contributed by atoms with E-state index in [1.807, 2.05) is 31.2 Å². The van der Waals surface area contributed by atoms with Crippen LogP contribution >= 0.6 is 34.7 Å². The van der Waals surface area contributed by atoms with E-state index < -0.39 is 0 Å². The highest BCUT2D eigenvalue weighted by atomic mass is 35.5. The van der Waals surface area contributed by atoms with E-state index in [9.17, 15) is 4.79 Å². The van der Waals surface area contributed by atoms with Gasteiger partial charge in [0, 0.05) is 17.2 Å². The molecule has 0 saturated heterocycles. The first-order valence-electron chi connectivity index (χ1n) is 5.42. The molecule has 0 aromatic carbocycles. The van der Waals surface area contributed by atoms with Crippen LogP contribution in [-0.4, -0.2) is 18.2 Å². The summed E-state index contributed by atoms with van der Waals surface area (Å²) in [5, 5.41) is 2.88. The molecule has 17 heavy (non-hydrogen) atoms. The highest BCUT2D eigenvalue weighted by Gasteiger charge is 2.02. The van der Waals surface area contributed by atoms with Crippen molar-refractivity contribution in [2.45, 2.75) is 19.1 Å². The number of rotatable bonds is 7. The second-order valence-corrected chi connectivity index (χ2v) is 6.19. The Bertz CT molecular complexity index is 376. The SMILES string of the molecule is C/C=C/CCNC(=O)CSCc1ccc(Cl)s1. The van der Waals surface area contributed by atoms with Gasteiger partial charge in [-0.3, -0.25) is 4.79 Å². The maximum atomic E-state index is 11.4. The van der Waals surface area contributed by atoms with Crippen LogP contribution in [0.5, 0.6) is 0 Å². The highest BCUT2D eigenvalue weighted by molar-refractivity contribution is 7.99. The molecule has 0 unspecified atom stereocenters. The fourth-order valence-electron chi connectivity index (χ4n) is 1.19. The van der Waals surface area contributed by atoms with Crippen LogP contribution in [0.1, 0.15) is 18.2 Å². The highest BCUT2D eigenvalue weighted by Crippen LogP contribution is 2.24. The number of halogens is 1. The molecule has 0 aliphatic carbocycles. The van der Waals surface area contributed by atoms with E-state index in [1.165, 1.54) is 4.88 Å². The molecule has 94 valence electrons. The Kier molecular flexibility index (Phi) is 7.40. The fraction of sp³-hybridized carbons (Fsp3) is 0.417. The number of allylic oxidation sites excluding steroid dienone is 1. The van der Waals surface area contributed by atoms with Crippen LogP contribution in [0.2, 0.25) is 4.34 Å². The van der Waals surface area contributed by atoms with E-state index in [2.05, 4.69) is 5.32 Å². The van der Waals surface area contributed by atoms with Gasteiger partial charge < -0.3 is 5.32 Å². The molecule has 0 fully saturated rings. The van der Waals surface area contributed by atoms with Gasteiger partial charge in [-0.05, 0) is 25.5 Å². The van der Waals surface area contributed by atoms with Gasteiger partial charge in [0.15, 0.2) is 0 Å². The number of amides is 1. The molecular weight excluding hydrogens is 274 g/mol. The zero-order valence-corrected chi connectivity index (χ0v) is 12.1. The Morgan fingerprint density at radius 2 is 2.41 bits per heavy atom. The molecular formula is C12H16ClNOS2. The Labute approximate surface area is 115 Å². The molecule has 1 aromatic heterocycles. The average molecular weight is 290 g/mol. The van der Waals surface area contributed by atoms with Crippen molar-refractivity contribution in [3.8, 4) is 0 Å². The minimum atomic E-state index is 0.0992. The molecule has 0 atom stereocenters.